The lowest BCUT2D eigenvalue weighted by atomic mass is 10.2. The van der Waals surface area contributed by atoms with Gasteiger partial charge in [0.1, 0.15) is 11.1 Å². The van der Waals surface area contributed by atoms with Crippen LogP contribution in [0.3, 0.4) is 0 Å². The molecule has 1 aromatic carbocycles. The number of hydrogen-bond donors (Lipinski definition) is 1. The Kier molecular flexibility index (Phi) is 4.17. The molecule has 0 saturated heterocycles. The van der Waals surface area contributed by atoms with E-state index in [1.165, 1.54) is 17.5 Å². The Morgan fingerprint density at radius 2 is 2.08 bits per heavy atom. The lowest BCUT2D eigenvalue weighted by Gasteiger charge is -2.05. The molecule has 126 valence electrons. The summed E-state index contributed by atoms with van der Waals surface area (Å²) in [5.41, 5.74) is 2.73. The second kappa shape index (κ2) is 6.78. The molecular formula is C19H13N5OS. The Labute approximate surface area is 153 Å². The molecule has 0 aliphatic heterocycles. The number of carbonyl (C=O) groups is 1. The smallest absolute Gasteiger partial charge is 0.257 e. The molecule has 26 heavy (non-hydrogen) atoms. The monoisotopic (exact) mass is 359 g/mol. The van der Waals surface area contributed by atoms with Crippen LogP contribution in [-0.2, 0) is 6.54 Å². The van der Waals surface area contributed by atoms with Gasteiger partial charge in [0.05, 0.1) is 23.9 Å². The molecule has 3 heterocycles. The van der Waals surface area contributed by atoms with E-state index in [4.69, 9.17) is 5.26 Å². The Hall–Kier alpha value is -3.50. The maximum atomic E-state index is 12.4. The summed E-state index contributed by atoms with van der Waals surface area (Å²) in [6, 6.07) is 15.5. The van der Waals surface area contributed by atoms with Crippen molar-refractivity contribution in [2.45, 2.75) is 6.54 Å². The van der Waals surface area contributed by atoms with Crippen LogP contribution in [0.5, 0.6) is 0 Å². The van der Waals surface area contributed by atoms with Crippen LogP contribution in [0.4, 0.5) is 5.00 Å². The van der Waals surface area contributed by atoms with E-state index in [0.717, 1.165) is 16.6 Å². The van der Waals surface area contributed by atoms with Gasteiger partial charge in [-0.05, 0) is 23.1 Å². The maximum absolute atomic E-state index is 12.4. The predicted octanol–water partition coefficient (Wildman–Crippen LogP) is 3.67. The van der Waals surface area contributed by atoms with Gasteiger partial charge >= 0.3 is 0 Å². The van der Waals surface area contributed by atoms with Gasteiger partial charge in [0.25, 0.3) is 5.91 Å². The summed E-state index contributed by atoms with van der Waals surface area (Å²) in [7, 11) is 0. The van der Waals surface area contributed by atoms with Crippen molar-refractivity contribution in [2.75, 3.05) is 5.32 Å². The number of nitrogens with one attached hydrogen (secondary N) is 1. The highest BCUT2D eigenvalue weighted by molar-refractivity contribution is 7.14. The van der Waals surface area contributed by atoms with E-state index in [1.54, 1.807) is 28.4 Å². The van der Waals surface area contributed by atoms with E-state index >= 15 is 0 Å². The summed E-state index contributed by atoms with van der Waals surface area (Å²) in [6.45, 7) is 0.615. The van der Waals surface area contributed by atoms with Crippen LogP contribution in [0.15, 0.2) is 60.2 Å². The summed E-state index contributed by atoms with van der Waals surface area (Å²) < 4.78 is 1.80. The third-order valence-corrected chi connectivity index (χ3v) is 4.76. The van der Waals surface area contributed by atoms with Gasteiger partial charge in [-0.15, -0.1) is 11.3 Å². The summed E-state index contributed by atoms with van der Waals surface area (Å²) in [4.78, 5) is 16.8. The molecule has 3 aromatic heterocycles. The number of fused-ring (bicyclic) bond motifs is 1. The number of thiophene rings is 1. The fraction of sp³-hybridized carbons (Fsp3) is 0.0526. The van der Waals surface area contributed by atoms with Crippen LogP contribution in [0.1, 0.15) is 21.5 Å². The molecule has 0 fully saturated rings. The Bertz CT molecular complexity index is 1120. The van der Waals surface area contributed by atoms with Crippen LogP contribution < -0.4 is 5.32 Å². The standard InChI is InChI=1S/C19H13N5OS/c20-9-14-6-7-26-19(14)23-18(25)16-8-15-11-22-24(17(15)21-10-16)12-13-4-2-1-3-5-13/h1-8,10-11H,12H2,(H,23,25). The summed E-state index contributed by atoms with van der Waals surface area (Å²) in [6.07, 6.45) is 3.23. The number of carbonyl (C=O) groups excluding carboxylic acids is 1. The van der Waals surface area contributed by atoms with Crippen molar-refractivity contribution < 1.29 is 4.79 Å². The van der Waals surface area contributed by atoms with E-state index in [9.17, 15) is 4.79 Å². The quantitative estimate of drug-likeness (QED) is 0.603. The van der Waals surface area contributed by atoms with Crippen molar-refractivity contribution in [3.05, 3.63) is 76.9 Å². The maximum Gasteiger partial charge on any atom is 0.257 e. The van der Waals surface area contributed by atoms with Crippen molar-refractivity contribution in [1.82, 2.24) is 14.8 Å². The molecule has 0 spiro atoms. The van der Waals surface area contributed by atoms with Gasteiger partial charge in [-0.2, -0.15) is 10.4 Å². The molecule has 6 nitrogen and oxygen atoms in total. The molecule has 0 unspecified atom stereocenters. The van der Waals surface area contributed by atoms with Crippen LogP contribution >= 0.6 is 11.3 Å². The molecule has 1 amide bonds. The van der Waals surface area contributed by atoms with Gasteiger partial charge in [0.2, 0.25) is 0 Å². The third-order valence-electron chi connectivity index (χ3n) is 3.93. The Morgan fingerprint density at radius 3 is 2.88 bits per heavy atom. The van der Waals surface area contributed by atoms with E-state index in [1.807, 2.05) is 30.3 Å². The Balaban J connectivity index is 1.58. The SMILES string of the molecule is N#Cc1ccsc1NC(=O)c1cnc2c(cnn2Cc2ccccc2)c1. The number of anilines is 1. The minimum atomic E-state index is -0.297. The van der Waals surface area contributed by atoms with Crippen LogP contribution in [-0.4, -0.2) is 20.7 Å². The first kappa shape index (κ1) is 16.0. The van der Waals surface area contributed by atoms with Crippen molar-refractivity contribution in [3.8, 4) is 6.07 Å². The zero-order valence-corrected chi connectivity index (χ0v) is 14.4. The number of rotatable bonds is 4. The molecule has 1 N–H and O–H groups in total. The number of pyridine rings is 1. The van der Waals surface area contributed by atoms with Crippen molar-refractivity contribution in [2.24, 2.45) is 0 Å². The normalized spacial score (nSPS) is 10.6. The van der Waals surface area contributed by atoms with Gasteiger partial charge in [-0.1, -0.05) is 30.3 Å². The zero-order chi connectivity index (χ0) is 17.9. The second-order valence-electron chi connectivity index (χ2n) is 5.65. The highest BCUT2D eigenvalue weighted by Crippen LogP contribution is 2.23. The van der Waals surface area contributed by atoms with E-state index in [0.29, 0.717) is 22.7 Å². The molecule has 0 radical (unpaired) electrons. The summed E-state index contributed by atoms with van der Waals surface area (Å²) >= 11 is 1.31. The highest BCUT2D eigenvalue weighted by atomic mass is 32.1. The molecule has 0 bridgehead atoms. The minimum Gasteiger partial charge on any atom is -0.312 e. The fourth-order valence-corrected chi connectivity index (χ4v) is 3.37. The number of nitriles is 1. The minimum absolute atomic E-state index is 0.297. The summed E-state index contributed by atoms with van der Waals surface area (Å²) in [5, 5.41) is 19.3. The molecule has 4 rings (SSSR count). The molecule has 0 saturated carbocycles. The van der Waals surface area contributed by atoms with E-state index in [-0.39, 0.29) is 5.91 Å². The topological polar surface area (TPSA) is 83.6 Å². The molecule has 0 aliphatic rings. The number of benzene rings is 1. The number of hydrogen-bond acceptors (Lipinski definition) is 5. The predicted molar refractivity (Wildman–Crippen MR) is 100 cm³/mol. The van der Waals surface area contributed by atoms with Crippen molar-refractivity contribution >= 4 is 33.3 Å². The molecule has 4 aromatic rings. The second-order valence-corrected chi connectivity index (χ2v) is 6.57. The van der Waals surface area contributed by atoms with Crippen LogP contribution in [0, 0.1) is 11.3 Å². The average molecular weight is 359 g/mol. The largest absolute Gasteiger partial charge is 0.312 e. The number of amides is 1. The van der Waals surface area contributed by atoms with Crippen molar-refractivity contribution in [3.63, 3.8) is 0 Å². The van der Waals surface area contributed by atoms with Crippen LogP contribution in [0.25, 0.3) is 11.0 Å². The fourth-order valence-electron chi connectivity index (χ4n) is 2.64. The highest BCUT2D eigenvalue weighted by Gasteiger charge is 2.13. The first-order valence-corrected chi connectivity index (χ1v) is 8.77. The lowest BCUT2D eigenvalue weighted by Crippen LogP contribution is -2.12. The molecule has 0 atom stereocenters. The van der Waals surface area contributed by atoms with Crippen LogP contribution in [0.2, 0.25) is 0 Å². The lowest BCUT2D eigenvalue weighted by molar-refractivity contribution is 0.102. The van der Waals surface area contributed by atoms with Gasteiger partial charge in [0.15, 0.2) is 5.65 Å². The van der Waals surface area contributed by atoms with Gasteiger partial charge < -0.3 is 5.32 Å². The molecule has 0 aliphatic carbocycles. The molecule has 7 heteroatoms. The number of aromatic nitrogens is 3. The first-order valence-electron chi connectivity index (χ1n) is 7.89. The Morgan fingerprint density at radius 1 is 1.23 bits per heavy atom. The summed E-state index contributed by atoms with van der Waals surface area (Å²) in [5.74, 6) is -0.297. The molecular weight excluding hydrogens is 346 g/mol. The van der Waals surface area contributed by atoms with E-state index < -0.39 is 0 Å². The first-order chi connectivity index (χ1) is 12.7. The van der Waals surface area contributed by atoms with Crippen molar-refractivity contribution in [1.29, 1.82) is 5.26 Å². The zero-order valence-electron chi connectivity index (χ0n) is 13.6. The van der Waals surface area contributed by atoms with Gasteiger partial charge in [-0.3, -0.25) is 4.79 Å². The van der Waals surface area contributed by atoms with E-state index in [2.05, 4.69) is 21.5 Å². The average Bonchev–Trinajstić information content (AvgIpc) is 3.29. The van der Waals surface area contributed by atoms with Gasteiger partial charge in [0, 0.05) is 11.6 Å². The third kappa shape index (κ3) is 3.06. The van der Waals surface area contributed by atoms with Gasteiger partial charge in [-0.25, -0.2) is 9.67 Å². The number of nitrogens with zero attached hydrogens (tertiary/aromatic N) is 4.